The molecule has 0 aromatic carbocycles. The zero-order valence-corrected chi connectivity index (χ0v) is 22.2. The zero-order chi connectivity index (χ0) is 18.3. The second-order valence-corrected chi connectivity index (χ2v) is 21.7. The van der Waals surface area contributed by atoms with Gasteiger partial charge in [0.2, 0.25) is 15.3 Å². The molecule has 0 radical (unpaired) electrons. The summed E-state index contributed by atoms with van der Waals surface area (Å²) in [5, 5.41) is 16.3. The smallest absolute Gasteiger partial charge is 0.412 e. The van der Waals surface area contributed by atoms with E-state index < -0.39 is 31.4 Å². The molecule has 0 aromatic rings. The van der Waals surface area contributed by atoms with E-state index in [9.17, 15) is 8.42 Å². The van der Waals surface area contributed by atoms with Crippen LogP contribution < -0.4 is 18.9 Å². The molecule has 0 aliphatic carbocycles. The van der Waals surface area contributed by atoms with Crippen molar-refractivity contribution in [2.24, 2.45) is 0 Å². The van der Waals surface area contributed by atoms with Gasteiger partial charge < -0.3 is 32.9 Å². The van der Waals surface area contributed by atoms with E-state index in [2.05, 4.69) is 39.3 Å². The molecule has 0 saturated heterocycles. The van der Waals surface area contributed by atoms with E-state index in [1.54, 1.807) is 12.1 Å². The van der Waals surface area contributed by atoms with Crippen LogP contribution in [0.15, 0.2) is 0 Å². The van der Waals surface area contributed by atoms with Crippen molar-refractivity contribution in [1.82, 2.24) is 4.31 Å². The molecule has 0 amide bonds. The molecule has 0 unspecified atom stereocenters. The van der Waals surface area contributed by atoms with Gasteiger partial charge in [0, 0.05) is 29.2 Å². The van der Waals surface area contributed by atoms with E-state index in [0.29, 0.717) is 13.1 Å². The SMILES string of the molecule is C[Si](C)(C)CCCN(CCC[Si](C)(C)C)S(=O)(=O)C(C#N)C#N.O.O.O.O.O.O.[Li+]. The third-order valence-corrected chi connectivity index (χ3v) is 9.16. The Hall–Kier alpha value is -0.319. The third kappa shape index (κ3) is 22.4. The second kappa shape index (κ2) is 21.9. The maximum Gasteiger partial charge on any atom is 1.00 e. The van der Waals surface area contributed by atoms with E-state index in [-0.39, 0.29) is 51.7 Å². The number of nitriles is 2. The number of hydrogen-bond donors (Lipinski definition) is 0. The van der Waals surface area contributed by atoms with E-state index in [0.717, 1.165) is 24.9 Å². The van der Waals surface area contributed by atoms with Crippen LogP contribution in [0.5, 0.6) is 0 Å². The minimum atomic E-state index is -3.86. The quantitative estimate of drug-likeness (QED) is 0.275. The van der Waals surface area contributed by atoms with Gasteiger partial charge in [-0.05, 0) is 12.8 Å². The van der Waals surface area contributed by atoms with Gasteiger partial charge in [-0.25, -0.2) is 8.42 Å². The van der Waals surface area contributed by atoms with Crippen molar-refractivity contribution in [2.45, 2.75) is 69.5 Å². The molecule has 15 heteroatoms. The van der Waals surface area contributed by atoms with Gasteiger partial charge in [-0.15, -0.1) is 0 Å². The number of sulfonamides is 1. The van der Waals surface area contributed by atoms with Crippen molar-refractivity contribution in [3.8, 4) is 12.1 Å². The number of nitrogens with zero attached hydrogens (tertiary/aromatic N) is 3. The maximum absolute atomic E-state index is 12.5. The van der Waals surface area contributed by atoms with Crippen LogP contribution in [0.25, 0.3) is 0 Å². The fraction of sp³-hybridized carbons (Fsp3) is 0.867. The van der Waals surface area contributed by atoms with Crippen LogP contribution in [-0.2, 0) is 10.0 Å². The summed E-state index contributed by atoms with van der Waals surface area (Å²) in [6.45, 7) is 14.4. The van der Waals surface area contributed by atoms with Crippen LogP contribution >= 0.6 is 0 Å². The Kier molecular flexibility index (Phi) is 37.9. The first-order valence-corrected chi connectivity index (χ1v) is 17.0. The molecule has 30 heavy (non-hydrogen) atoms. The molecule has 0 atom stereocenters. The molecule has 0 aromatic heterocycles. The van der Waals surface area contributed by atoms with Gasteiger partial charge in [-0.2, -0.15) is 14.8 Å². The van der Waals surface area contributed by atoms with Gasteiger partial charge in [0.05, 0.1) is 12.1 Å². The van der Waals surface area contributed by atoms with Crippen molar-refractivity contribution in [1.29, 1.82) is 10.5 Å². The van der Waals surface area contributed by atoms with Crippen LogP contribution in [0, 0.1) is 22.7 Å². The monoisotopic (exact) mass is 488 g/mol. The van der Waals surface area contributed by atoms with Crippen LogP contribution in [0.4, 0.5) is 0 Å². The molecular weight excluding hydrogens is 445 g/mol. The molecule has 0 bridgehead atoms. The first-order valence-electron chi connectivity index (χ1n) is 8.12. The molecule has 0 heterocycles. The van der Waals surface area contributed by atoms with Crippen molar-refractivity contribution in [3.63, 3.8) is 0 Å². The molecule has 0 aliphatic rings. The van der Waals surface area contributed by atoms with Crippen LogP contribution in [0.1, 0.15) is 12.8 Å². The van der Waals surface area contributed by atoms with E-state index in [1.807, 2.05) is 0 Å². The van der Waals surface area contributed by atoms with Gasteiger partial charge in [0.1, 0.15) is 0 Å². The summed E-state index contributed by atoms with van der Waals surface area (Å²) in [7, 11) is -6.32. The van der Waals surface area contributed by atoms with Crippen molar-refractivity contribution in [3.05, 3.63) is 0 Å². The summed E-state index contributed by atoms with van der Waals surface area (Å²) in [5.41, 5.74) is 0. The average molecular weight is 489 g/mol. The summed E-state index contributed by atoms with van der Waals surface area (Å²) in [6.07, 6.45) is 1.59. The predicted molar refractivity (Wildman–Crippen MR) is 123 cm³/mol. The fourth-order valence-electron chi connectivity index (χ4n) is 2.25. The Bertz CT molecular complexity index is 538. The first-order chi connectivity index (χ1) is 10.3. The molecule has 0 rings (SSSR count). The molecule has 0 saturated carbocycles. The maximum atomic E-state index is 12.5. The standard InChI is InChI=1S/C15H31N3O2SSi2.Li.6H2O/c1-22(2,3)11-7-9-18(10-8-12-23(4,5)6)21(19,20)15(13-16)14-17;;;;;;;/h15H,7-12H2,1-6H3;;6*1H2/q;+1;;;;;;. The zero-order valence-electron chi connectivity index (χ0n) is 19.4. The van der Waals surface area contributed by atoms with Crippen LogP contribution in [-0.4, -0.2) is 80.1 Å². The Balaban J connectivity index is -0.000000115. The summed E-state index contributed by atoms with van der Waals surface area (Å²) in [5.74, 6) is 0. The predicted octanol–water partition coefficient (Wildman–Crippen LogP) is -4.45. The Labute approximate surface area is 195 Å². The second-order valence-electron chi connectivity index (χ2n) is 8.41. The minimum absolute atomic E-state index is 0. The molecule has 0 spiro atoms. The largest absolute Gasteiger partial charge is 1.00 e. The Morgan fingerprint density at radius 2 is 1.00 bits per heavy atom. The molecule has 180 valence electrons. The number of rotatable bonds is 10. The van der Waals surface area contributed by atoms with Gasteiger partial charge in [0.15, 0.2) is 0 Å². The molecule has 12 N–H and O–H groups in total. The van der Waals surface area contributed by atoms with Gasteiger partial charge in [-0.1, -0.05) is 51.4 Å². The van der Waals surface area contributed by atoms with E-state index in [4.69, 9.17) is 10.5 Å². The summed E-state index contributed by atoms with van der Waals surface area (Å²) >= 11 is 0. The molecule has 11 nitrogen and oxygen atoms in total. The normalized spacial score (nSPS) is 10.1. The average Bonchev–Trinajstić information content (AvgIpc) is 2.35. The van der Waals surface area contributed by atoms with E-state index in [1.165, 1.54) is 4.31 Å². The summed E-state index contributed by atoms with van der Waals surface area (Å²) in [4.78, 5) is 0. The van der Waals surface area contributed by atoms with Crippen LogP contribution in [0.2, 0.25) is 51.4 Å². The summed E-state index contributed by atoms with van der Waals surface area (Å²) in [6, 6.07) is 5.30. The van der Waals surface area contributed by atoms with Crippen LogP contribution in [0.3, 0.4) is 0 Å². The van der Waals surface area contributed by atoms with Gasteiger partial charge >= 0.3 is 18.9 Å². The molecule has 0 aliphatic heterocycles. The molecule has 0 fully saturated rings. The Morgan fingerprint density at radius 3 is 1.20 bits per heavy atom. The van der Waals surface area contributed by atoms with Crippen molar-refractivity contribution >= 4 is 26.2 Å². The third-order valence-electron chi connectivity index (χ3n) is 3.56. The van der Waals surface area contributed by atoms with Crippen molar-refractivity contribution in [2.75, 3.05) is 13.1 Å². The van der Waals surface area contributed by atoms with E-state index >= 15 is 0 Å². The van der Waals surface area contributed by atoms with Gasteiger partial charge in [0.25, 0.3) is 0 Å². The molecular formula is C15H43LiN3O8SSi2+. The van der Waals surface area contributed by atoms with Gasteiger partial charge in [-0.3, -0.25) is 0 Å². The Morgan fingerprint density at radius 1 is 0.733 bits per heavy atom. The fourth-order valence-corrected chi connectivity index (χ4v) is 6.02. The summed E-state index contributed by atoms with van der Waals surface area (Å²) < 4.78 is 26.4. The number of hydrogen-bond acceptors (Lipinski definition) is 4. The van der Waals surface area contributed by atoms with Crippen molar-refractivity contribution < 1.29 is 60.1 Å². The topological polar surface area (TPSA) is 274 Å². The first kappa shape index (κ1) is 51.9. The minimum Gasteiger partial charge on any atom is -0.412 e.